The fourth-order valence-electron chi connectivity index (χ4n) is 7.09. The number of nitrogens with zero attached hydrogens (tertiary/aromatic N) is 4. The predicted molar refractivity (Wildman–Crippen MR) is 208 cm³/mol. The molecule has 0 unspecified atom stereocenters. The summed E-state index contributed by atoms with van der Waals surface area (Å²) in [6, 6.07) is 42.5. The van der Waals surface area contributed by atoms with Crippen molar-refractivity contribution in [3.8, 4) is 39.6 Å². The molecule has 5 heteroatoms. The lowest BCUT2D eigenvalue weighted by Gasteiger charge is -2.12. The molecule has 4 aromatic carbocycles. The van der Waals surface area contributed by atoms with E-state index in [1.54, 1.807) is 12.4 Å². The summed E-state index contributed by atoms with van der Waals surface area (Å²) >= 11 is 1.82. The van der Waals surface area contributed by atoms with E-state index < -0.39 is 0 Å². The monoisotopic (exact) mass is 646 g/mol. The van der Waals surface area contributed by atoms with E-state index in [2.05, 4.69) is 125 Å². The van der Waals surface area contributed by atoms with Crippen molar-refractivity contribution in [3.05, 3.63) is 157 Å². The van der Waals surface area contributed by atoms with Crippen molar-refractivity contribution < 1.29 is 0 Å². The molecule has 4 nitrogen and oxygen atoms in total. The molecular formula is C44H30N4S. The number of benzene rings is 4. The summed E-state index contributed by atoms with van der Waals surface area (Å²) in [5, 5.41) is 6.33. The van der Waals surface area contributed by atoms with Gasteiger partial charge in [-0.25, -0.2) is 4.98 Å². The Bertz CT molecular complexity index is 2660. The average molecular weight is 647 g/mol. The van der Waals surface area contributed by atoms with Crippen LogP contribution in [0.15, 0.2) is 146 Å². The van der Waals surface area contributed by atoms with Crippen molar-refractivity contribution >= 4 is 66.2 Å². The van der Waals surface area contributed by atoms with E-state index in [-0.39, 0.29) is 0 Å². The summed E-state index contributed by atoms with van der Waals surface area (Å²) in [6.07, 6.45) is 9.95. The maximum Gasteiger partial charge on any atom is 0.0900 e. The highest BCUT2D eigenvalue weighted by Crippen LogP contribution is 2.47. The van der Waals surface area contributed by atoms with Gasteiger partial charge < -0.3 is 4.57 Å². The predicted octanol–water partition coefficient (Wildman–Crippen LogP) is 12.0. The Kier molecular flexibility index (Phi) is 6.99. The minimum absolute atomic E-state index is 0.812. The third-order valence-corrected chi connectivity index (χ3v) is 10.4. The highest BCUT2D eigenvalue weighted by molar-refractivity contribution is 7.21. The molecule has 0 amide bonds. The third kappa shape index (κ3) is 4.70. The van der Waals surface area contributed by atoms with Gasteiger partial charge in [0, 0.05) is 44.7 Å². The van der Waals surface area contributed by atoms with Crippen molar-refractivity contribution in [2.24, 2.45) is 0 Å². The Hall–Kier alpha value is -6.17. The number of rotatable bonds is 6. The molecule has 0 bridgehead atoms. The second-order valence-corrected chi connectivity index (χ2v) is 13.1. The minimum atomic E-state index is 0.812. The van der Waals surface area contributed by atoms with Crippen molar-refractivity contribution in [3.63, 3.8) is 0 Å². The normalized spacial score (nSPS) is 11.8. The van der Waals surface area contributed by atoms with E-state index in [0.717, 1.165) is 39.6 Å². The Balaban J connectivity index is 1.29. The zero-order chi connectivity index (χ0) is 32.9. The highest BCUT2D eigenvalue weighted by Gasteiger charge is 2.22. The standard InChI is InChI=1S/C44H30N4S/c1-3-13-34-40(4-2)49-44-42(34)32-15-6-5-14-31(32)41-33-16-7-8-19-39(33)48(43(41)44)30-22-20-28(21-23-30)29-26-37(35-17-9-11-24-45-35)47-38(27-29)36-18-10-12-25-46-36/h3-27H,2H2,1H3/b13-3-. The van der Waals surface area contributed by atoms with Gasteiger partial charge in [0.25, 0.3) is 0 Å². The molecule has 5 heterocycles. The van der Waals surface area contributed by atoms with Gasteiger partial charge in [0.2, 0.25) is 0 Å². The fourth-order valence-corrected chi connectivity index (χ4v) is 8.28. The van der Waals surface area contributed by atoms with Gasteiger partial charge in [0.05, 0.1) is 38.5 Å². The summed E-state index contributed by atoms with van der Waals surface area (Å²) in [4.78, 5) is 15.4. The molecule has 5 aromatic heterocycles. The van der Waals surface area contributed by atoms with Crippen LogP contribution in [-0.2, 0) is 0 Å². The van der Waals surface area contributed by atoms with E-state index in [9.17, 15) is 0 Å². The molecule has 0 aliphatic heterocycles. The largest absolute Gasteiger partial charge is 0.308 e. The number of fused-ring (bicyclic) bond motifs is 8. The topological polar surface area (TPSA) is 43.6 Å². The van der Waals surface area contributed by atoms with Gasteiger partial charge in [-0.1, -0.05) is 91.5 Å². The zero-order valence-electron chi connectivity index (χ0n) is 26.8. The minimum Gasteiger partial charge on any atom is -0.308 e. The number of aromatic nitrogens is 4. The zero-order valence-corrected chi connectivity index (χ0v) is 27.7. The van der Waals surface area contributed by atoms with Gasteiger partial charge >= 0.3 is 0 Å². The molecule has 0 atom stereocenters. The Morgan fingerprint density at radius 1 is 0.633 bits per heavy atom. The van der Waals surface area contributed by atoms with Crippen molar-refractivity contribution in [1.82, 2.24) is 19.5 Å². The van der Waals surface area contributed by atoms with E-state index in [1.165, 1.54) is 53.1 Å². The lowest BCUT2D eigenvalue weighted by atomic mass is 9.97. The summed E-state index contributed by atoms with van der Waals surface area (Å²) in [5.74, 6) is 0. The summed E-state index contributed by atoms with van der Waals surface area (Å²) in [7, 11) is 0. The lowest BCUT2D eigenvalue weighted by Crippen LogP contribution is -1.95. The molecule has 0 fully saturated rings. The third-order valence-electron chi connectivity index (χ3n) is 9.19. The van der Waals surface area contributed by atoms with Crippen LogP contribution in [0.2, 0.25) is 0 Å². The van der Waals surface area contributed by atoms with E-state index in [0.29, 0.717) is 0 Å². The van der Waals surface area contributed by atoms with Crippen molar-refractivity contribution in [2.75, 3.05) is 0 Å². The SMILES string of the molecule is C=Cc1sc2c(c1/C=C\C)c1ccccc1c1c3ccccc3n(-c3ccc(-c4cc(-c5ccccn5)nc(-c5ccccn5)c4)cc3)c21. The second-order valence-electron chi connectivity index (χ2n) is 12.0. The molecule has 0 aliphatic rings. The van der Waals surface area contributed by atoms with E-state index in [1.807, 2.05) is 53.8 Å². The van der Waals surface area contributed by atoms with E-state index in [4.69, 9.17) is 4.98 Å². The van der Waals surface area contributed by atoms with Crippen LogP contribution in [-0.4, -0.2) is 19.5 Å². The number of hydrogen-bond acceptors (Lipinski definition) is 4. The second kappa shape index (κ2) is 11.8. The molecular weight excluding hydrogens is 617 g/mol. The van der Waals surface area contributed by atoms with Gasteiger partial charge in [-0.2, -0.15) is 0 Å². The lowest BCUT2D eigenvalue weighted by molar-refractivity contribution is 1.19. The number of para-hydroxylation sites is 1. The molecule has 232 valence electrons. The van der Waals surface area contributed by atoms with Gasteiger partial charge in [0.15, 0.2) is 0 Å². The molecule has 49 heavy (non-hydrogen) atoms. The van der Waals surface area contributed by atoms with E-state index >= 15 is 0 Å². The molecule has 0 saturated heterocycles. The summed E-state index contributed by atoms with van der Waals surface area (Å²) in [5.41, 5.74) is 10.2. The first-order valence-electron chi connectivity index (χ1n) is 16.3. The summed E-state index contributed by atoms with van der Waals surface area (Å²) < 4.78 is 3.71. The smallest absolute Gasteiger partial charge is 0.0900 e. The number of pyridine rings is 3. The van der Waals surface area contributed by atoms with Gasteiger partial charge in [-0.3, -0.25) is 9.97 Å². The van der Waals surface area contributed by atoms with Crippen LogP contribution in [0.3, 0.4) is 0 Å². The van der Waals surface area contributed by atoms with Gasteiger partial charge in [-0.05, 0) is 83.4 Å². The van der Waals surface area contributed by atoms with Crippen molar-refractivity contribution in [2.45, 2.75) is 6.92 Å². The van der Waals surface area contributed by atoms with Crippen LogP contribution in [0.4, 0.5) is 0 Å². The Morgan fingerprint density at radius 3 is 1.86 bits per heavy atom. The van der Waals surface area contributed by atoms with Crippen LogP contribution < -0.4 is 0 Å². The Labute approximate surface area is 288 Å². The van der Waals surface area contributed by atoms with Crippen LogP contribution in [0.5, 0.6) is 0 Å². The Morgan fingerprint density at radius 2 is 1.24 bits per heavy atom. The van der Waals surface area contributed by atoms with Crippen LogP contribution in [0, 0.1) is 0 Å². The quantitative estimate of drug-likeness (QED) is 0.181. The molecule has 0 N–H and O–H groups in total. The maximum absolute atomic E-state index is 4.97. The van der Waals surface area contributed by atoms with Crippen LogP contribution >= 0.6 is 11.3 Å². The molecule has 0 saturated carbocycles. The average Bonchev–Trinajstić information content (AvgIpc) is 3.72. The first-order valence-corrected chi connectivity index (χ1v) is 17.2. The molecule has 0 spiro atoms. The highest BCUT2D eigenvalue weighted by atomic mass is 32.1. The molecule has 0 aliphatic carbocycles. The first kappa shape index (κ1) is 29.0. The van der Waals surface area contributed by atoms with Gasteiger partial charge in [-0.15, -0.1) is 11.3 Å². The van der Waals surface area contributed by atoms with Crippen LogP contribution in [0.25, 0.3) is 94.4 Å². The number of allylic oxidation sites excluding steroid dienone is 1. The molecule has 9 rings (SSSR count). The van der Waals surface area contributed by atoms with Crippen molar-refractivity contribution in [1.29, 1.82) is 0 Å². The number of thiophene rings is 1. The maximum atomic E-state index is 4.97. The van der Waals surface area contributed by atoms with Gasteiger partial charge in [0.1, 0.15) is 0 Å². The molecule has 0 radical (unpaired) electrons. The fraction of sp³-hybridized carbons (Fsp3) is 0.0227. The van der Waals surface area contributed by atoms with Crippen LogP contribution in [0.1, 0.15) is 17.4 Å². The number of hydrogen-bond donors (Lipinski definition) is 0. The molecule has 9 aromatic rings. The first-order chi connectivity index (χ1) is 24.2. The summed E-state index contributed by atoms with van der Waals surface area (Å²) in [6.45, 7) is 6.28.